The minimum atomic E-state index is -0.0233. The first-order chi connectivity index (χ1) is 13.2. The van der Waals surface area contributed by atoms with Gasteiger partial charge in [-0.15, -0.1) is 11.3 Å². The summed E-state index contributed by atoms with van der Waals surface area (Å²) in [5, 5.41) is 30.2. The third-order valence-electron chi connectivity index (χ3n) is 3.76. The van der Waals surface area contributed by atoms with Crippen molar-refractivity contribution in [3.63, 3.8) is 0 Å². The average Bonchev–Trinajstić information content (AvgIpc) is 3.40. The lowest BCUT2D eigenvalue weighted by atomic mass is 10.1. The summed E-state index contributed by atoms with van der Waals surface area (Å²) in [4.78, 5) is 5.25. The van der Waals surface area contributed by atoms with E-state index in [1.165, 1.54) is 23.5 Å². The predicted molar refractivity (Wildman–Crippen MR) is 106 cm³/mol. The Hall–Kier alpha value is -3.10. The van der Waals surface area contributed by atoms with Crippen molar-refractivity contribution in [2.24, 2.45) is 10.1 Å². The van der Waals surface area contributed by atoms with E-state index < -0.39 is 0 Å². The van der Waals surface area contributed by atoms with Gasteiger partial charge in [-0.2, -0.15) is 16.4 Å². The molecule has 0 saturated carbocycles. The molecule has 4 aromatic rings. The molecule has 0 amide bonds. The summed E-state index contributed by atoms with van der Waals surface area (Å²) in [5.74, 6) is 0.734. The Morgan fingerprint density at radius 1 is 1.15 bits per heavy atom. The zero-order valence-corrected chi connectivity index (χ0v) is 15.7. The molecule has 0 bridgehead atoms. The first-order valence-corrected chi connectivity index (χ1v) is 9.85. The van der Waals surface area contributed by atoms with E-state index in [4.69, 9.17) is 4.42 Å². The third kappa shape index (κ3) is 3.86. The first-order valence-electron chi connectivity index (χ1n) is 8.03. The zero-order chi connectivity index (χ0) is 18.6. The van der Waals surface area contributed by atoms with Crippen molar-refractivity contribution in [1.82, 2.24) is 4.68 Å². The van der Waals surface area contributed by atoms with Gasteiger partial charge in [-0.3, -0.25) is 0 Å². The van der Waals surface area contributed by atoms with E-state index in [0.717, 1.165) is 11.3 Å². The predicted octanol–water partition coefficient (Wildman–Crippen LogP) is 4.27. The Labute approximate surface area is 162 Å². The highest BCUT2D eigenvalue weighted by Crippen LogP contribution is 2.32. The second-order valence-corrected chi connectivity index (χ2v) is 7.23. The normalized spacial score (nSPS) is 12.2. The minimum Gasteiger partial charge on any atom is -0.508 e. The molecule has 8 heteroatoms. The van der Waals surface area contributed by atoms with Gasteiger partial charge >= 0.3 is 0 Å². The Morgan fingerprint density at radius 2 is 2.07 bits per heavy atom. The highest BCUT2D eigenvalue weighted by Gasteiger charge is 2.12. The van der Waals surface area contributed by atoms with Gasteiger partial charge in [0.2, 0.25) is 4.80 Å². The number of phenols is 2. The van der Waals surface area contributed by atoms with Crippen LogP contribution >= 0.6 is 22.7 Å². The van der Waals surface area contributed by atoms with Crippen molar-refractivity contribution < 1.29 is 14.6 Å². The molecule has 0 aliphatic carbocycles. The zero-order valence-electron chi connectivity index (χ0n) is 14.0. The molecule has 3 heterocycles. The SMILES string of the molecule is Oc1ccc(-c2csc(=NCc3ccco3)n2/N=C/c2ccsc2)c(O)c1. The van der Waals surface area contributed by atoms with Crippen molar-refractivity contribution in [2.75, 3.05) is 0 Å². The van der Waals surface area contributed by atoms with Crippen LogP contribution in [0.3, 0.4) is 0 Å². The number of benzene rings is 1. The van der Waals surface area contributed by atoms with Gasteiger partial charge in [0.15, 0.2) is 0 Å². The Bertz CT molecular complexity index is 1120. The Kier molecular flexibility index (Phi) is 4.91. The molecule has 0 aliphatic rings. The number of furan rings is 1. The molecule has 0 spiro atoms. The standard InChI is InChI=1S/C19H15N3O3S2/c23-14-3-4-16(18(24)8-14)17-12-27-19(20-10-15-2-1-6-25-15)22(17)21-9-13-5-7-26-11-13/h1-9,11-12,23-24H,10H2/b20-19?,21-9+. The van der Waals surface area contributed by atoms with Gasteiger partial charge in [-0.25, -0.2) is 9.67 Å². The van der Waals surface area contributed by atoms with Crippen LogP contribution in [0.25, 0.3) is 11.3 Å². The molecule has 0 radical (unpaired) electrons. The van der Waals surface area contributed by atoms with Gasteiger partial charge in [0.05, 0.1) is 18.2 Å². The number of nitrogens with zero attached hydrogens (tertiary/aromatic N) is 3. The van der Waals surface area contributed by atoms with Gasteiger partial charge in [0.25, 0.3) is 0 Å². The molecule has 4 rings (SSSR count). The molecule has 6 nitrogen and oxygen atoms in total. The van der Waals surface area contributed by atoms with E-state index >= 15 is 0 Å². The van der Waals surface area contributed by atoms with Crippen molar-refractivity contribution in [3.05, 3.63) is 74.9 Å². The minimum absolute atomic E-state index is 0.00235. The van der Waals surface area contributed by atoms with Crippen molar-refractivity contribution in [2.45, 2.75) is 6.54 Å². The molecule has 136 valence electrons. The molecule has 0 fully saturated rings. The van der Waals surface area contributed by atoms with Gasteiger partial charge in [-0.1, -0.05) is 0 Å². The maximum Gasteiger partial charge on any atom is 0.206 e. The van der Waals surface area contributed by atoms with Crippen LogP contribution in [0.2, 0.25) is 0 Å². The molecule has 0 saturated heterocycles. The lowest BCUT2D eigenvalue weighted by Gasteiger charge is -2.06. The maximum absolute atomic E-state index is 10.2. The maximum atomic E-state index is 10.2. The number of hydrogen-bond acceptors (Lipinski definition) is 7. The third-order valence-corrected chi connectivity index (χ3v) is 5.31. The van der Waals surface area contributed by atoms with E-state index in [9.17, 15) is 10.2 Å². The summed E-state index contributed by atoms with van der Waals surface area (Å²) in [6.07, 6.45) is 3.36. The van der Waals surface area contributed by atoms with Crippen LogP contribution in [-0.2, 0) is 6.54 Å². The number of phenolic OH excluding ortho intramolecular Hbond substituents is 2. The molecule has 0 atom stereocenters. The first kappa shape index (κ1) is 17.3. The fourth-order valence-electron chi connectivity index (χ4n) is 2.46. The van der Waals surface area contributed by atoms with Crippen molar-refractivity contribution in [3.8, 4) is 22.8 Å². The summed E-state index contributed by atoms with van der Waals surface area (Å²) in [5.41, 5.74) is 2.23. The van der Waals surface area contributed by atoms with Crippen LogP contribution in [0.15, 0.2) is 73.3 Å². The van der Waals surface area contributed by atoms with Crippen LogP contribution in [-0.4, -0.2) is 21.1 Å². The molecular formula is C19H15N3O3S2. The highest BCUT2D eigenvalue weighted by atomic mass is 32.1. The smallest absolute Gasteiger partial charge is 0.206 e. The number of rotatable bonds is 5. The number of thiophene rings is 1. The molecular weight excluding hydrogens is 382 g/mol. The molecule has 2 N–H and O–H groups in total. The van der Waals surface area contributed by atoms with Crippen LogP contribution < -0.4 is 4.80 Å². The summed E-state index contributed by atoms with van der Waals surface area (Å²) in [6.45, 7) is 0.391. The molecule has 27 heavy (non-hydrogen) atoms. The van der Waals surface area contributed by atoms with E-state index in [1.807, 2.05) is 34.3 Å². The number of hydrogen-bond donors (Lipinski definition) is 2. The van der Waals surface area contributed by atoms with Gasteiger partial charge in [0, 0.05) is 22.6 Å². The number of aromatic hydroxyl groups is 2. The summed E-state index contributed by atoms with van der Waals surface area (Å²) in [6, 6.07) is 10.1. The quantitative estimate of drug-likeness (QED) is 0.494. The fraction of sp³-hybridized carbons (Fsp3) is 0.0526. The number of aromatic nitrogens is 1. The van der Waals surface area contributed by atoms with Crippen molar-refractivity contribution >= 4 is 28.9 Å². The van der Waals surface area contributed by atoms with E-state index in [-0.39, 0.29) is 11.5 Å². The number of thiazole rings is 1. The average molecular weight is 397 g/mol. The van der Waals surface area contributed by atoms with Crippen molar-refractivity contribution in [1.29, 1.82) is 0 Å². The van der Waals surface area contributed by atoms with Gasteiger partial charge in [-0.05, 0) is 41.1 Å². The molecule has 1 aromatic carbocycles. The lowest BCUT2D eigenvalue weighted by molar-refractivity contribution is 0.451. The fourth-order valence-corrected chi connectivity index (χ4v) is 3.90. The van der Waals surface area contributed by atoms with E-state index in [1.54, 1.807) is 34.6 Å². The molecule has 0 unspecified atom stereocenters. The second kappa shape index (κ2) is 7.65. The van der Waals surface area contributed by atoms with Crippen LogP contribution in [0.1, 0.15) is 11.3 Å². The highest BCUT2D eigenvalue weighted by molar-refractivity contribution is 7.08. The Balaban J connectivity index is 1.79. The second-order valence-electron chi connectivity index (χ2n) is 5.61. The molecule has 0 aliphatic heterocycles. The summed E-state index contributed by atoms with van der Waals surface area (Å²) >= 11 is 3.01. The van der Waals surface area contributed by atoms with E-state index in [0.29, 0.717) is 22.6 Å². The van der Waals surface area contributed by atoms with Gasteiger partial charge < -0.3 is 14.6 Å². The lowest BCUT2D eigenvalue weighted by Crippen LogP contribution is -2.12. The largest absolute Gasteiger partial charge is 0.508 e. The summed E-state index contributed by atoms with van der Waals surface area (Å²) < 4.78 is 7.01. The van der Waals surface area contributed by atoms with Crippen LogP contribution in [0.4, 0.5) is 0 Å². The van der Waals surface area contributed by atoms with E-state index in [2.05, 4.69) is 10.1 Å². The van der Waals surface area contributed by atoms with Gasteiger partial charge in [0.1, 0.15) is 23.8 Å². The van der Waals surface area contributed by atoms with Crippen LogP contribution in [0.5, 0.6) is 11.5 Å². The molecule has 3 aromatic heterocycles. The summed E-state index contributed by atoms with van der Waals surface area (Å²) in [7, 11) is 0. The topological polar surface area (TPSA) is 83.2 Å². The van der Waals surface area contributed by atoms with Crippen LogP contribution in [0, 0.1) is 0 Å². The Morgan fingerprint density at radius 3 is 2.81 bits per heavy atom. The monoisotopic (exact) mass is 397 g/mol.